The third-order valence-corrected chi connectivity index (χ3v) is 2.22. The minimum absolute atomic E-state index is 0.167. The van der Waals surface area contributed by atoms with Crippen LogP contribution in [0.5, 0.6) is 5.75 Å². The van der Waals surface area contributed by atoms with E-state index in [9.17, 15) is 18.0 Å². The molecule has 0 radical (unpaired) electrons. The van der Waals surface area contributed by atoms with Gasteiger partial charge in [0, 0.05) is 11.8 Å². The molecule has 8 heteroatoms. The molecule has 0 saturated heterocycles. The lowest BCUT2D eigenvalue weighted by atomic mass is 10.3. The standard InChI is InChI=1S/C9H6Cl2F3NO2/c10-6-2-1-5(15-4-16)3-7(6)17-9(13,14)8(11)12/h1-4,8H,(H,15,16). The van der Waals surface area contributed by atoms with Crippen molar-refractivity contribution in [2.24, 2.45) is 0 Å². The quantitative estimate of drug-likeness (QED) is 0.666. The summed E-state index contributed by atoms with van der Waals surface area (Å²) in [5, 5.41) is 2.03. The largest absolute Gasteiger partial charge is 0.444 e. The molecule has 1 aromatic rings. The van der Waals surface area contributed by atoms with Crippen LogP contribution in [0.2, 0.25) is 5.02 Å². The van der Waals surface area contributed by atoms with Crippen LogP contribution in [0.4, 0.5) is 18.9 Å². The van der Waals surface area contributed by atoms with Gasteiger partial charge in [0.1, 0.15) is 5.75 Å². The number of hydrogen-bond acceptors (Lipinski definition) is 2. The Hall–Kier alpha value is -1.14. The first-order valence-corrected chi connectivity index (χ1v) is 5.03. The predicted molar refractivity (Wildman–Crippen MR) is 57.5 cm³/mol. The van der Waals surface area contributed by atoms with Crippen molar-refractivity contribution >= 4 is 35.3 Å². The molecule has 1 unspecified atom stereocenters. The molecule has 94 valence electrons. The van der Waals surface area contributed by atoms with Gasteiger partial charge >= 0.3 is 6.11 Å². The molecule has 0 spiro atoms. The third kappa shape index (κ3) is 3.67. The summed E-state index contributed by atoms with van der Waals surface area (Å²) in [7, 11) is 0. The number of carbonyl (C=O) groups excluding carboxylic acids is 1. The number of hydrogen-bond donors (Lipinski definition) is 1. The summed E-state index contributed by atoms with van der Waals surface area (Å²) in [5.41, 5.74) is -2.85. The molecule has 0 aliphatic heterocycles. The molecular formula is C9H6Cl2F3NO2. The summed E-state index contributed by atoms with van der Waals surface area (Å²) in [6.07, 6.45) is -3.88. The minimum Gasteiger partial charge on any atom is -0.428 e. The Bertz CT molecular complexity index is 415. The molecule has 0 bridgehead atoms. The van der Waals surface area contributed by atoms with Crippen molar-refractivity contribution in [1.82, 2.24) is 0 Å². The van der Waals surface area contributed by atoms with Crippen molar-refractivity contribution in [2.75, 3.05) is 5.32 Å². The second kappa shape index (κ2) is 5.46. The number of amides is 1. The van der Waals surface area contributed by atoms with Gasteiger partial charge in [-0.3, -0.25) is 4.79 Å². The molecule has 1 N–H and O–H groups in total. The van der Waals surface area contributed by atoms with E-state index in [2.05, 4.69) is 21.7 Å². The Morgan fingerprint density at radius 3 is 2.65 bits per heavy atom. The van der Waals surface area contributed by atoms with Gasteiger partial charge in [0.05, 0.1) is 5.02 Å². The molecule has 1 amide bonds. The fraction of sp³-hybridized carbons (Fsp3) is 0.222. The zero-order valence-electron chi connectivity index (χ0n) is 8.09. The molecule has 0 aliphatic rings. The van der Waals surface area contributed by atoms with E-state index in [0.29, 0.717) is 6.41 Å². The van der Waals surface area contributed by atoms with Crippen molar-refractivity contribution in [3.05, 3.63) is 23.2 Å². The Kier molecular flexibility index (Phi) is 4.47. The Morgan fingerprint density at radius 2 is 2.12 bits per heavy atom. The summed E-state index contributed by atoms with van der Waals surface area (Å²) in [4.78, 5) is 10.1. The molecule has 17 heavy (non-hydrogen) atoms. The highest BCUT2D eigenvalue weighted by molar-refractivity contribution is 6.32. The van der Waals surface area contributed by atoms with Crippen molar-refractivity contribution in [3.63, 3.8) is 0 Å². The van der Waals surface area contributed by atoms with Crippen LogP contribution in [0.1, 0.15) is 0 Å². The van der Waals surface area contributed by atoms with E-state index in [-0.39, 0.29) is 10.7 Å². The van der Waals surface area contributed by atoms with E-state index < -0.39 is 17.5 Å². The molecule has 1 aromatic carbocycles. The molecule has 3 nitrogen and oxygen atoms in total. The molecule has 0 fully saturated rings. The first-order valence-electron chi connectivity index (χ1n) is 4.21. The fourth-order valence-corrected chi connectivity index (χ4v) is 1.13. The summed E-state index contributed by atoms with van der Waals surface area (Å²) in [5.74, 6) is -0.494. The molecule has 0 aromatic heterocycles. The molecule has 1 atom stereocenters. The zero-order valence-corrected chi connectivity index (χ0v) is 9.60. The van der Waals surface area contributed by atoms with Crippen LogP contribution in [0, 0.1) is 0 Å². The maximum atomic E-state index is 12.9. The molecule has 0 heterocycles. The highest BCUT2D eigenvalue weighted by atomic mass is 35.5. The number of benzene rings is 1. The number of halogens is 5. The summed E-state index contributed by atoms with van der Waals surface area (Å²) in [6.45, 7) is 0. The average Bonchev–Trinajstić information content (AvgIpc) is 2.23. The van der Waals surface area contributed by atoms with Gasteiger partial charge in [0.2, 0.25) is 6.41 Å². The van der Waals surface area contributed by atoms with Gasteiger partial charge in [-0.05, 0) is 12.1 Å². The van der Waals surface area contributed by atoms with Gasteiger partial charge in [-0.25, -0.2) is 4.39 Å². The highest BCUT2D eigenvalue weighted by Gasteiger charge is 2.42. The van der Waals surface area contributed by atoms with Crippen LogP contribution in [0.15, 0.2) is 18.2 Å². The zero-order chi connectivity index (χ0) is 13.1. The summed E-state index contributed by atoms with van der Waals surface area (Å²) in [6, 6.07) is 3.58. The number of carbonyl (C=O) groups is 1. The van der Waals surface area contributed by atoms with Crippen LogP contribution < -0.4 is 10.1 Å². The maximum absolute atomic E-state index is 12.9. The maximum Gasteiger partial charge on any atom is 0.444 e. The third-order valence-electron chi connectivity index (χ3n) is 1.66. The molecular weight excluding hydrogens is 282 g/mol. The van der Waals surface area contributed by atoms with E-state index in [1.54, 1.807) is 0 Å². The first-order chi connectivity index (χ1) is 7.86. The van der Waals surface area contributed by atoms with Crippen molar-refractivity contribution in [3.8, 4) is 5.75 Å². The predicted octanol–water partition coefficient (Wildman–Crippen LogP) is 3.41. The Labute approximate surface area is 104 Å². The lowest BCUT2D eigenvalue weighted by Crippen LogP contribution is -2.32. The summed E-state index contributed by atoms with van der Waals surface area (Å²) >= 11 is 10.2. The van der Waals surface area contributed by atoms with Gasteiger partial charge in [0.15, 0.2) is 0 Å². The fourth-order valence-electron chi connectivity index (χ4n) is 0.931. The minimum atomic E-state index is -4.22. The van der Waals surface area contributed by atoms with Crippen molar-refractivity contribution < 1.29 is 22.7 Å². The van der Waals surface area contributed by atoms with Crippen LogP contribution in [-0.2, 0) is 4.79 Å². The normalized spacial score (nSPS) is 13.0. The topological polar surface area (TPSA) is 38.3 Å². The monoisotopic (exact) mass is 287 g/mol. The van der Waals surface area contributed by atoms with Gasteiger partial charge in [-0.2, -0.15) is 8.78 Å². The summed E-state index contributed by atoms with van der Waals surface area (Å²) < 4.78 is 42.1. The molecule has 0 saturated carbocycles. The van der Waals surface area contributed by atoms with E-state index in [1.807, 2.05) is 0 Å². The number of nitrogens with one attached hydrogen (secondary N) is 1. The number of ether oxygens (including phenoxy) is 1. The van der Waals surface area contributed by atoms with Crippen LogP contribution in [-0.4, -0.2) is 18.1 Å². The Morgan fingerprint density at radius 1 is 1.47 bits per heavy atom. The Balaban J connectivity index is 2.97. The van der Waals surface area contributed by atoms with Gasteiger partial charge < -0.3 is 10.1 Å². The van der Waals surface area contributed by atoms with E-state index >= 15 is 0 Å². The smallest absolute Gasteiger partial charge is 0.428 e. The lowest BCUT2D eigenvalue weighted by molar-refractivity contribution is -0.198. The first kappa shape index (κ1) is 13.9. The highest BCUT2D eigenvalue weighted by Crippen LogP contribution is 2.34. The van der Waals surface area contributed by atoms with Crippen LogP contribution >= 0.6 is 23.2 Å². The van der Waals surface area contributed by atoms with E-state index in [0.717, 1.165) is 6.07 Å². The van der Waals surface area contributed by atoms with Crippen molar-refractivity contribution in [1.29, 1.82) is 0 Å². The molecule has 1 rings (SSSR count). The van der Waals surface area contributed by atoms with Crippen LogP contribution in [0.25, 0.3) is 0 Å². The van der Waals surface area contributed by atoms with Gasteiger partial charge in [0.25, 0.3) is 5.63 Å². The second-order valence-corrected chi connectivity index (χ2v) is 3.66. The second-order valence-electron chi connectivity index (χ2n) is 2.87. The van der Waals surface area contributed by atoms with Gasteiger partial charge in [-0.1, -0.05) is 23.2 Å². The van der Waals surface area contributed by atoms with Crippen LogP contribution in [0.3, 0.4) is 0 Å². The number of rotatable bonds is 5. The average molecular weight is 288 g/mol. The SMILES string of the molecule is O=CNc1ccc(Cl)c(OC(F)(F)C(F)Cl)c1. The van der Waals surface area contributed by atoms with E-state index in [4.69, 9.17) is 11.6 Å². The number of alkyl halides is 4. The van der Waals surface area contributed by atoms with E-state index in [1.165, 1.54) is 12.1 Å². The number of anilines is 1. The lowest BCUT2D eigenvalue weighted by Gasteiger charge is -2.18. The van der Waals surface area contributed by atoms with Crippen molar-refractivity contribution in [2.45, 2.75) is 11.7 Å². The molecule has 0 aliphatic carbocycles. The van der Waals surface area contributed by atoms with Gasteiger partial charge in [-0.15, -0.1) is 0 Å².